The summed E-state index contributed by atoms with van der Waals surface area (Å²) in [7, 11) is 0. The molecule has 0 aliphatic carbocycles. The van der Waals surface area contributed by atoms with Crippen LogP contribution in [0.2, 0.25) is 10.0 Å². The Balaban J connectivity index is 2.11. The lowest BCUT2D eigenvalue weighted by Crippen LogP contribution is -2.38. The number of benzene rings is 2. The largest absolute Gasteiger partial charge is 0.443 e. The van der Waals surface area contributed by atoms with E-state index in [1.54, 1.807) is 32.9 Å². The standard InChI is InChI=1S/C20H16Cl2FNO3/c1-20(2,3)27-19(26)24-17-10-12(21)4-5-15(17)16(18(24)25)8-11-6-13(22)9-14(23)7-11/h4-10H,1-3H3/b16-8-. The van der Waals surface area contributed by atoms with Gasteiger partial charge in [-0.3, -0.25) is 4.79 Å². The van der Waals surface area contributed by atoms with Crippen molar-refractivity contribution in [3.05, 3.63) is 63.4 Å². The Kier molecular flexibility index (Phi) is 5.02. The fourth-order valence-electron chi connectivity index (χ4n) is 2.72. The molecule has 0 bridgehead atoms. The molecule has 27 heavy (non-hydrogen) atoms. The molecule has 2 aromatic carbocycles. The van der Waals surface area contributed by atoms with E-state index in [9.17, 15) is 14.0 Å². The Morgan fingerprint density at radius 3 is 2.44 bits per heavy atom. The molecule has 2 aromatic rings. The summed E-state index contributed by atoms with van der Waals surface area (Å²) in [4.78, 5) is 26.5. The lowest BCUT2D eigenvalue weighted by atomic mass is 10.0. The van der Waals surface area contributed by atoms with Gasteiger partial charge in [-0.2, -0.15) is 0 Å². The number of amides is 2. The second-order valence-corrected chi connectivity index (χ2v) is 7.92. The topological polar surface area (TPSA) is 46.6 Å². The number of anilines is 1. The lowest BCUT2D eigenvalue weighted by molar-refractivity contribution is -0.112. The molecule has 1 aliphatic heterocycles. The molecule has 3 rings (SSSR count). The maximum absolute atomic E-state index is 13.6. The molecule has 0 radical (unpaired) electrons. The van der Waals surface area contributed by atoms with E-state index in [1.807, 2.05) is 0 Å². The first-order valence-corrected chi connectivity index (χ1v) is 8.86. The summed E-state index contributed by atoms with van der Waals surface area (Å²) in [6.07, 6.45) is 0.672. The van der Waals surface area contributed by atoms with Gasteiger partial charge in [-0.25, -0.2) is 14.1 Å². The smallest absolute Gasteiger partial charge is 0.422 e. The van der Waals surface area contributed by atoms with Crippen LogP contribution in [0.4, 0.5) is 14.9 Å². The van der Waals surface area contributed by atoms with E-state index >= 15 is 0 Å². The maximum Gasteiger partial charge on any atom is 0.422 e. The zero-order chi connectivity index (χ0) is 19.9. The molecular formula is C20H16Cl2FNO3. The number of carbonyl (C=O) groups is 2. The minimum absolute atomic E-state index is 0.202. The fourth-order valence-corrected chi connectivity index (χ4v) is 3.11. The fraction of sp³-hybridized carbons (Fsp3) is 0.200. The van der Waals surface area contributed by atoms with Gasteiger partial charge in [-0.1, -0.05) is 29.3 Å². The number of fused-ring (bicyclic) bond motifs is 1. The first-order valence-electron chi connectivity index (χ1n) is 8.10. The van der Waals surface area contributed by atoms with Crippen LogP contribution in [-0.2, 0) is 9.53 Å². The Labute approximate surface area is 166 Å². The number of carbonyl (C=O) groups excluding carboxylic acids is 2. The van der Waals surface area contributed by atoms with Gasteiger partial charge in [0.05, 0.1) is 11.3 Å². The van der Waals surface area contributed by atoms with Crippen molar-refractivity contribution in [3.63, 3.8) is 0 Å². The van der Waals surface area contributed by atoms with Gasteiger partial charge >= 0.3 is 6.09 Å². The summed E-state index contributed by atoms with van der Waals surface area (Å²) in [6.45, 7) is 5.11. The minimum atomic E-state index is -0.809. The number of rotatable bonds is 1. The molecule has 0 N–H and O–H groups in total. The highest BCUT2D eigenvalue weighted by atomic mass is 35.5. The van der Waals surface area contributed by atoms with Crippen molar-refractivity contribution in [2.24, 2.45) is 0 Å². The zero-order valence-corrected chi connectivity index (χ0v) is 16.4. The average Bonchev–Trinajstić information content (AvgIpc) is 2.76. The van der Waals surface area contributed by atoms with Gasteiger partial charge in [0.25, 0.3) is 5.91 Å². The second kappa shape index (κ2) is 6.98. The summed E-state index contributed by atoms with van der Waals surface area (Å²) in [5, 5.41) is 0.567. The highest BCUT2D eigenvalue weighted by Gasteiger charge is 2.39. The van der Waals surface area contributed by atoms with Crippen molar-refractivity contribution in [3.8, 4) is 0 Å². The first kappa shape index (κ1) is 19.4. The van der Waals surface area contributed by atoms with Crippen molar-refractivity contribution >= 4 is 52.5 Å². The summed E-state index contributed by atoms with van der Waals surface area (Å²) in [5.74, 6) is -1.11. The van der Waals surface area contributed by atoms with Crippen LogP contribution in [0.3, 0.4) is 0 Å². The highest BCUT2D eigenvalue weighted by Crippen LogP contribution is 2.40. The number of imide groups is 1. The third kappa shape index (κ3) is 4.15. The van der Waals surface area contributed by atoms with Crippen LogP contribution in [0.15, 0.2) is 36.4 Å². The monoisotopic (exact) mass is 407 g/mol. The van der Waals surface area contributed by atoms with Gasteiger partial charge < -0.3 is 4.74 Å². The molecule has 2 amide bonds. The molecule has 0 fully saturated rings. The van der Waals surface area contributed by atoms with E-state index in [4.69, 9.17) is 27.9 Å². The van der Waals surface area contributed by atoms with E-state index in [0.29, 0.717) is 21.8 Å². The van der Waals surface area contributed by atoms with Gasteiger partial charge in [-0.05, 0) is 62.7 Å². The normalized spacial score (nSPS) is 15.3. The number of hydrogen-bond acceptors (Lipinski definition) is 3. The van der Waals surface area contributed by atoms with Crippen LogP contribution >= 0.6 is 23.2 Å². The molecular weight excluding hydrogens is 392 g/mol. The van der Waals surface area contributed by atoms with E-state index in [0.717, 1.165) is 4.90 Å². The van der Waals surface area contributed by atoms with Crippen molar-refractivity contribution in [2.75, 3.05) is 4.90 Å². The third-order valence-corrected chi connectivity index (χ3v) is 4.15. The Hall–Kier alpha value is -2.37. The summed E-state index contributed by atoms with van der Waals surface area (Å²) in [5.41, 5.74) is 0.647. The van der Waals surface area contributed by atoms with Crippen LogP contribution < -0.4 is 4.90 Å². The van der Waals surface area contributed by atoms with E-state index in [-0.39, 0.29) is 10.6 Å². The van der Waals surface area contributed by atoms with E-state index in [1.165, 1.54) is 30.3 Å². The van der Waals surface area contributed by atoms with Gasteiger partial charge in [0, 0.05) is 15.6 Å². The second-order valence-electron chi connectivity index (χ2n) is 7.04. The molecule has 7 heteroatoms. The lowest BCUT2D eigenvalue weighted by Gasteiger charge is -2.23. The van der Waals surface area contributed by atoms with Crippen molar-refractivity contribution in [1.29, 1.82) is 0 Å². The molecule has 0 saturated carbocycles. The van der Waals surface area contributed by atoms with Crippen LogP contribution in [0, 0.1) is 5.82 Å². The van der Waals surface area contributed by atoms with E-state index in [2.05, 4.69) is 0 Å². The number of nitrogens with zero attached hydrogens (tertiary/aromatic N) is 1. The van der Waals surface area contributed by atoms with Gasteiger partial charge in [0.15, 0.2) is 0 Å². The summed E-state index contributed by atoms with van der Waals surface area (Å²) in [6, 6.07) is 8.69. The van der Waals surface area contributed by atoms with Gasteiger partial charge in [-0.15, -0.1) is 0 Å². The minimum Gasteiger partial charge on any atom is -0.443 e. The molecule has 4 nitrogen and oxygen atoms in total. The van der Waals surface area contributed by atoms with Crippen LogP contribution in [-0.4, -0.2) is 17.6 Å². The molecule has 0 spiro atoms. The van der Waals surface area contributed by atoms with Crippen LogP contribution in [0.1, 0.15) is 31.9 Å². The Bertz CT molecular complexity index is 959. The quantitative estimate of drug-likeness (QED) is 0.548. The Morgan fingerprint density at radius 2 is 1.81 bits per heavy atom. The predicted octanol–water partition coefficient (Wildman–Crippen LogP) is 5.95. The number of halogens is 3. The molecule has 140 valence electrons. The van der Waals surface area contributed by atoms with Gasteiger partial charge in [0.2, 0.25) is 0 Å². The van der Waals surface area contributed by atoms with Crippen molar-refractivity contribution < 1.29 is 18.7 Å². The Morgan fingerprint density at radius 1 is 1.11 bits per heavy atom. The molecule has 1 aliphatic rings. The van der Waals surface area contributed by atoms with Crippen molar-refractivity contribution in [1.82, 2.24) is 0 Å². The first-order chi connectivity index (χ1) is 12.5. The zero-order valence-electron chi connectivity index (χ0n) is 14.8. The van der Waals surface area contributed by atoms with Crippen LogP contribution in [0.25, 0.3) is 11.6 Å². The predicted molar refractivity (Wildman–Crippen MR) is 104 cm³/mol. The average molecular weight is 408 g/mol. The summed E-state index contributed by atoms with van der Waals surface area (Å²) < 4.78 is 19.0. The molecule has 0 atom stereocenters. The maximum atomic E-state index is 13.6. The van der Waals surface area contributed by atoms with Gasteiger partial charge in [0.1, 0.15) is 11.4 Å². The summed E-state index contributed by atoms with van der Waals surface area (Å²) >= 11 is 11.9. The molecule has 0 unspecified atom stereocenters. The van der Waals surface area contributed by atoms with Crippen molar-refractivity contribution in [2.45, 2.75) is 26.4 Å². The number of ether oxygens (including phenoxy) is 1. The highest BCUT2D eigenvalue weighted by molar-refractivity contribution is 6.42. The SMILES string of the molecule is CC(C)(C)OC(=O)N1C(=O)/C(=C\c2cc(F)cc(Cl)c2)c2ccc(Cl)cc21. The molecule has 1 heterocycles. The number of hydrogen-bond donors (Lipinski definition) is 0. The van der Waals surface area contributed by atoms with Crippen LogP contribution in [0.5, 0.6) is 0 Å². The van der Waals surface area contributed by atoms with E-state index < -0.39 is 23.4 Å². The molecule has 0 saturated heterocycles. The molecule has 0 aromatic heterocycles. The third-order valence-electron chi connectivity index (χ3n) is 3.70.